The summed E-state index contributed by atoms with van der Waals surface area (Å²) in [7, 11) is 0. The van der Waals surface area contributed by atoms with E-state index in [1.807, 2.05) is 0 Å². The zero-order valence-corrected chi connectivity index (χ0v) is 12.3. The first-order chi connectivity index (χ1) is 10.0. The van der Waals surface area contributed by atoms with E-state index in [4.69, 9.17) is 14.9 Å². The Morgan fingerprint density at radius 1 is 0.909 bits per heavy atom. The topological polar surface area (TPSA) is 83.8 Å². The second-order valence-electron chi connectivity index (χ2n) is 4.97. The van der Waals surface area contributed by atoms with E-state index >= 15 is 0 Å². The van der Waals surface area contributed by atoms with Crippen molar-refractivity contribution in [2.24, 2.45) is 0 Å². The summed E-state index contributed by atoms with van der Waals surface area (Å²) in [5, 5.41) is 17.9. The number of aromatic carboxylic acids is 2. The summed E-state index contributed by atoms with van der Waals surface area (Å²) in [6, 6.07) is 3.83. The first-order valence-electron chi connectivity index (χ1n) is 7.29. The summed E-state index contributed by atoms with van der Waals surface area (Å²) in [6.07, 6.45) is 6.76. The molecule has 2 N–H and O–H groups in total. The average Bonchev–Trinajstić information content (AvgIpc) is 2.46. The SMILES string of the molecule is CCCCCCCCOc1cc(C(=O)O)cc(C(=O)O)c1.[KH]. The van der Waals surface area contributed by atoms with Crippen LogP contribution in [-0.2, 0) is 0 Å². The molecule has 0 amide bonds. The number of carbonyl (C=O) groups is 2. The Bertz CT molecular complexity index is 455. The minimum absolute atomic E-state index is 0. The van der Waals surface area contributed by atoms with Crippen LogP contribution in [0, 0.1) is 0 Å². The van der Waals surface area contributed by atoms with Gasteiger partial charge in [0, 0.05) is 0 Å². The third kappa shape index (κ3) is 8.29. The van der Waals surface area contributed by atoms with Gasteiger partial charge in [0.1, 0.15) is 5.75 Å². The summed E-state index contributed by atoms with van der Waals surface area (Å²) in [4.78, 5) is 21.9. The van der Waals surface area contributed by atoms with Gasteiger partial charge in [-0.05, 0) is 24.6 Å². The van der Waals surface area contributed by atoms with Crippen molar-refractivity contribution >= 4 is 63.3 Å². The van der Waals surface area contributed by atoms with E-state index in [9.17, 15) is 9.59 Å². The molecule has 0 saturated heterocycles. The van der Waals surface area contributed by atoms with Crippen LogP contribution in [0.4, 0.5) is 0 Å². The van der Waals surface area contributed by atoms with E-state index < -0.39 is 11.9 Å². The fourth-order valence-electron chi connectivity index (χ4n) is 2.00. The molecule has 0 heterocycles. The van der Waals surface area contributed by atoms with Crippen LogP contribution in [0.2, 0.25) is 0 Å². The molecular formula is C16H23KO5. The number of ether oxygens (including phenoxy) is 1. The standard InChI is InChI=1S/C16H22O5.K.H/c1-2-3-4-5-6-7-8-21-14-10-12(15(17)18)9-13(11-14)16(19)20;;/h9-11H,2-8H2,1H3,(H,17,18)(H,19,20);;. The van der Waals surface area contributed by atoms with Gasteiger partial charge in [0.25, 0.3) is 0 Å². The van der Waals surface area contributed by atoms with Crippen LogP contribution in [0.5, 0.6) is 5.75 Å². The first kappa shape index (κ1) is 21.6. The maximum atomic E-state index is 11.0. The summed E-state index contributed by atoms with van der Waals surface area (Å²) in [6.45, 7) is 2.63. The van der Waals surface area contributed by atoms with Crippen LogP contribution >= 0.6 is 0 Å². The van der Waals surface area contributed by atoms with Crippen molar-refractivity contribution in [3.05, 3.63) is 29.3 Å². The Kier molecular flexibility index (Phi) is 11.9. The first-order valence-corrected chi connectivity index (χ1v) is 7.29. The van der Waals surface area contributed by atoms with Gasteiger partial charge in [-0.2, -0.15) is 0 Å². The van der Waals surface area contributed by atoms with Gasteiger partial charge in [0.05, 0.1) is 17.7 Å². The molecule has 0 bridgehead atoms. The molecule has 6 heteroatoms. The van der Waals surface area contributed by atoms with Gasteiger partial charge in [0.15, 0.2) is 0 Å². The average molecular weight is 334 g/mol. The fourth-order valence-corrected chi connectivity index (χ4v) is 2.00. The van der Waals surface area contributed by atoms with Gasteiger partial charge in [-0.3, -0.25) is 0 Å². The number of carboxylic acids is 2. The Morgan fingerprint density at radius 3 is 1.91 bits per heavy atom. The Labute approximate surface area is 173 Å². The third-order valence-corrected chi connectivity index (χ3v) is 3.17. The normalized spacial score (nSPS) is 9.86. The van der Waals surface area contributed by atoms with Crippen LogP contribution in [0.3, 0.4) is 0 Å². The van der Waals surface area contributed by atoms with Crippen molar-refractivity contribution in [3.63, 3.8) is 0 Å². The van der Waals surface area contributed by atoms with Gasteiger partial charge < -0.3 is 14.9 Å². The van der Waals surface area contributed by atoms with E-state index in [0.717, 1.165) is 25.3 Å². The number of benzene rings is 1. The van der Waals surface area contributed by atoms with Gasteiger partial charge >= 0.3 is 63.3 Å². The molecule has 0 fully saturated rings. The quantitative estimate of drug-likeness (QED) is 0.507. The summed E-state index contributed by atoms with van der Waals surface area (Å²) >= 11 is 0. The summed E-state index contributed by atoms with van der Waals surface area (Å²) in [5.74, 6) is -2.04. The second kappa shape index (κ2) is 12.1. The van der Waals surface area contributed by atoms with Gasteiger partial charge in [0.2, 0.25) is 0 Å². The molecule has 0 aliphatic carbocycles. The predicted octanol–water partition coefficient (Wildman–Crippen LogP) is 3.17. The maximum absolute atomic E-state index is 11.0. The van der Waals surface area contributed by atoms with Gasteiger partial charge in [-0.1, -0.05) is 39.0 Å². The van der Waals surface area contributed by atoms with E-state index in [1.165, 1.54) is 31.4 Å². The van der Waals surface area contributed by atoms with E-state index in [0.29, 0.717) is 12.4 Å². The minimum atomic E-state index is -1.16. The van der Waals surface area contributed by atoms with Crippen molar-refractivity contribution in [3.8, 4) is 5.75 Å². The zero-order chi connectivity index (χ0) is 15.7. The van der Waals surface area contributed by atoms with Crippen molar-refractivity contribution < 1.29 is 24.5 Å². The Balaban J connectivity index is 0.00000441. The van der Waals surface area contributed by atoms with Crippen LogP contribution < -0.4 is 4.74 Å². The molecule has 0 spiro atoms. The molecule has 118 valence electrons. The second-order valence-corrected chi connectivity index (χ2v) is 4.97. The molecule has 5 nitrogen and oxygen atoms in total. The molecule has 0 aliphatic rings. The van der Waals surface area contributed by atoms with Crippen molar-refractivity contribution in [2.45, 2.75) is 45.4 Å². The van der Waals surface area contributed by atoms with Crippen LogP contribution in [0.25, 0.3) is 0 Å². The molecule has 1 aromatic rings. The Hall–Kier alpha value is -0.404. The summed E-state index contributed by atoms with van der Waals surface area (Å²) in [5.41, 5.74) is -0.152. The molecule has 1 aromatic carbocycles. The monoisotopic (exact) mass is 334 g/mol. The molecule has 0 unspecified atom stereocenters. The molecule has 0 aliphatic heterocycles. The zero-order valence-electron chi connectivity index (χ0n) is 12.3. The van der Waals surface area contributed by atoms with Crippen molar-refractivity contribution in [2.75, 3.05) is 6.61 Å². The number of rotatable bonds is 10. The number of hydrogen-bond acceptors (Lipinski definition) is 3. The Morgan fingerprint density at radius 2 is 1.41 bits per heavy atom. The van der Waals surface area contributed by atoms with Crippen LogP contribution in [-0.4, -0.2) is 80.1 Å². The molecule has 0 aromatic heterocycles. The third-order valence-electron chi connectivity index (χ3n) is 3.17. The molecule has 1 rings (SSSR count). The van der Waals surface area contributed by atoms with Crippen molar-refractivity contribution in [1.29, 1.82) is 0 Å². The number of unbranched alkanes of at least 4 members (excludes halogenated alkanes) is 5. The molecule has 0 radical (unpaired) electrons. The molecule has 0 saturated carbocycles. The number of hydrogen-bond donors (Lipinski definition) is 2. The van der Waals surface area contributed by atoms with Crippen molar-refractivity contribution in [1.82, 2.24) is 0 Å². The fraction of sp³-hybridized carbons (Fsp3) is 0.500. The van der Waals surface area contributed by atoms with E-state index in [2.05, 4.69) is 6.92 Å². The van der Waals surface area contributed by atoms with Crippen LogP contribution in [0.15, 0.2) is 18.2 Å². The predicted molar refractivity (Wildman–Crippen MR) is 86.4 cm³/mol. The van der Waals surface area contributed by atoms with E-state index in [1.54, 1.807) is 0 Å². The summed E-state index contributed by atoms with van der Waals surface area (Å²) < 4.78 is 5.47. The van der Waals surface area contributed by atoms with Gasteiger partial charge in [-0.25, -0.2) is 9.59 Å². The van der Waals surface area contributed by atoms with E-state index in [-0.39, 0.29) is 62.5 Å². The number of carboxylic acid groups (broad SMARTS) is 2. The molecular weight excluding hydrogens is 311 g/mol. The van der Waals surface area contributed by atoms with Crippen LogP contribution in [0.1, 0.15) is 66.2 Å². The van der Waals surface area contributed by atoms with Gasteiger partial charge in [-0.15, -0.1) is 0 Å². The molecule has 0 atom stereocenters. The molecule has 22 heavy (non-hydrogen) atoms.